The normalized spacial score (nSPS) is 19.9. The van der Waals surface area contributed by atoms with Crippen molar-refractivity contribution in [1.29, 1.82) is 0 Å². The lowest BCUT2D eigenvalue weighted by Gasteiger charge is -2.25. The Morgan fingerprint density at radius 3 is 2.88 bits per heavy atom. The minimum atomic E-state index is -4.23. The smallest absolute Gasteiger partial charge is 0.392 e. The molecule has 94 valence electrons. The molecule has 1 aromatic heterocycles. The topological polar surface area (TPSA) is 44.1 Å². The molecule has 1 aromatic rings. The number of aryl methyl sites for hydroxylation is 1. The van der Waals surface area contributed by atoms with Gasteiger partial charge >= 0.3 is 12.1 Å². The summed E-state index contributed by atoms with van der Waals surface area (Å²) in [6, 6.07) is 0. The molecule has 1 atom stereocenters. The average Bonchev–Trinajstić information content (AvgIpc) is 2.69. The average molecular weight is 248 g/mol. The Labute approximate surface area is 95.4 Å². The van der Waals surface area contributed by atoms with Crippen LogP contribution in [0.15, 0.2) is 6.20 Å². The predicted molar refractivity (Wildman–Crippen MR) is 51.4 cm³/mol. The SMILES string of the molecule is COC(=O)c1cnn2c1CC(C(F)(F)F)CC2. The quantitative estimate of drug-likeness (QED) is 0.712. The summed E-state index contributed by atoms with van der Waals surface area (Å²) < 4.78 is 43.8. The van der Waals surface area contributed by atoms with E-state index in [1.165, 1.54) is 18.0 Å². The Kier molecular flexibility index (Phi) is 2.84. The molecule has 2 rings (SSSR count). The Morgan fingerprint density at radius 2 is 2.29 bits per heavy atom. The van der Waals surface area contributed by atoms with Crippen LogP contribution >= 0.6 is 0 Å². The highest BCUT2D eigenvalue weighted by atomic mass is 19.4. The van der Waals surface area contributed by atoms with Crippen molar-refractivity contribution in [2.45, 2.75) is 25.6 Å². The number of carbonyl (C=O) groups excluding carboxylic acids is 1. The number of aromatic nitrogens is 2. The molecule has 0 bridgehead atoms. The standard InChI is InChI=1S/C10H11F3N2O2/c1-17-9(16)7-5-14-15-3-2-6(4-8(7)15)10(11,12)13/h5-6H,2-4H2,1H3. The largest absolute Gasteiger partial charge is 0.465 e. The summed E-state index contributed by atoms with van der Waals surface area (Å²) in [5, 5.41) is 3.89. The van der Waals surface area contributed by atoms with Gasteiger partial charge in [0.2, 0.25) is 0 Å². The van der Waals surface area contributed by atoms with Gasteiger partial charge in [0.1, 0.15) is 5.56 Å². The number of hydrogen-bond donors (Lipinski definition) is 0. The van der Waals surface area contributed by atoms with Gasteiger partial charge in [0.05, 0.1) is 24.9 Å². The van der Waals surface area contributed by atoms with Crippen molar-refractivity contribution < 1.29 is 22.7 Å². The van der Waals surface area contributed by atoms with Gasteiger partial charge in [0, 0.05) is 13.0 Å². The van der Waals surface area contributed by atoms with Crippen molar-refractivity contribution in [3.05, 3.63) is 17.5 Å². The van der Waals surface area contributed by atoms with Gasteiger partial charge in [0.15, 0.2) is 0 Å². The van der Waals surface area contributed by atoms with E-state index in [1.54, 1.807) is 0 Å². The van der Waals surface area contributed by atoms with Crippen LogP contribution in [-0.2, 0) is 17.7 Å². The van der Waals surface area contributed by atoms with Crippen LogP contribution in [0, 0.1) is 5.92 Å². The van der Waals surface area contributed by atoms with E-state index in [-0.39, 0.29) is 24.9 Å². The molecule has 1 unspecified atom stereocenters. The Bertz CT molecular complexity index is 439. The summed E-state index contributed by atoms with van der Waals surface area (Å²) in [5.41, 5.74) is 0.437. The molecule has 0 amide bonds. The van der Waals surface area contributed by atoms with Gasteiger partial charge < -0.3 is 4.74 Å². The number of carbonyl (C=O) groups is 1. The van der Waals surface area contributed by atoms with Crippen LogP contribution in [0.25, 0.3) is 0 Å². The van der Waals surface area contributed by atoms with Crippen molar-refractivity contribution in [1.82, 2.24) is 9.78 Å². The minimum Gasteiger partial charge on any atom is -0.465 e. The second kappa shape index (κ2) is 4.05. The zero-order valence-corrected chi connectivity index (χ0v) is 9.12. The van der Waals surface area contributed by atoms with E-state index in [0.717, 1.165) is 0 Å². The molecule has 0 N–H and O–H groups in total. The van der Waals surface area contributed by atoms with Gasteiger partial charge in [-0.15, -0.1) is 0 Å². The lowest BCUT2D eigenvalue weighted by Crippen LogP contribution is -2.32. The predicted octanol–water partition coefficient (Wildman–Crippen LogP) is 1.79. The first kappa shape index (κ1) is 11.9. The molecule has 0 spiro atoms. The number of rotatable bonds is 1. The molecule has 0 radical (unpaired) electrons. The second-order valence-electron chi connectivity index (χ2n) is 3.95. The number of ether oxygens (including phenoxy) is 1. The maximum absolute atomic E-state index is 12.6. The zero-order chi connectivity index (χ0) is 12.6. The van der Waals surface area contributed by atoms with Crippen molar-refractivity contribution in [3.8, 4) is 0 Å². The third kappa shape index (κ3) is 2.13. The zero-order valence-electron chi connectivity index (χ0n) is 9.12. The number of hydrogen-bond acceptors (Lipinski definition) is 3. The molecule has 2 heterocycles. The third-order valence-corrected chi connectivity index (χ3v) is 2.95. The molecule has 0 fully saturated rings. The molecule has 17 heavy (non-hydrogen) atoms. The first-order valence-corrected chi connectivity index (χ1v) is 5.13. The van der Waals surface area contributed by atoms with Crippen molar-refractivity contribution in [2.75, 3.05) is 7.11 Å². The van der Waals surface area contributed by atoms with E-state index in [4.69, 9.17) is 0 Å². The second-order valence-corrected chi connectivity index (χ2v) is 3.95. The van der Waals surface area contributed by atoms with Crippen molar-refractivity contribution in [2.24, 2.45) is 5.92 Å². The summed E-state index contributed by atoms with van der Waals surface area (Å²) in [6.45, 7) is 0.177. The minimum absolute atomic E-state index is 0.00120. The molecule has 0 saturated carbocycles. The van der Waals surface area contributed by atoms with Gasteiger partial charge in [0.25, 0.3) is 0 Å². The van der Waals surface area contributed by atoms with Crippen molar-refractivity contribution in [3.63, 3.8) is 0 Å². The van der Waals surface area contributed by atoms with Crippen LogP contribution in [0.5, 0.6) is 0 Å². The van der Waals surface area contributed by atoms with E-state index in [2.05, 4.69) is 9.84 Å². The number of alkyl halides is 3. The van der Waals surface area contributed by atoms with Gasteiger partial charge in [-0.2, -0.15) is 18.3 Å². The summed E-state index contributed by atoms with van der Waals surface area (Å²) in [5.74, 6) is -2.05. The first-order valence-electron chi connectivity index (χ1n) is 5.13. The van der Waals surface area contributed by atoms with Crippen molar-refractivity contribution >= 4 is 5.97 Å². The van der Waals surface area contributed by atoms with Gasteiger partial charge in [-0.05, 0) is 6.42 Å². The lowest BCUT2D eigenvalue weighted by atomic mass is 9.94. The Morgan fingerprint density at radius 1 is 1.59 bits per heavy atom. The van der Waals surface area contributed by atoms with Crippen LogP contribution < -0.4 is 0 Å². The highest BCUT2D eigenvalue weighted by Gasteiger charge is 2.42. The first-order chi connectivity index (χ1) is 7.93. The van der Waals surface area contributed by atoms with Gasteiger partial charge in [-0.3, -0.25) is 4.68 Å². The monoisotopic (exact) mass is 248 g/mol. The summed E-state index contributed by atoms with van der Waals surface area (Å²) in [7, 11) is 1.19. The summed E-state index contributed by atoms with van der Waals surface area (Å²) >= 11 is 0. The van der Waals surface area contributed by atoms with E-state index < -0.39 is 18.1 Å². The fourth-order valence-electron chi connectivity index (χ4n) is 1.99. The summed E-state index contributed by atoms with van der Waals surface area (Å²) in [4.78, 5) is 11.3. The number of halogens is 3. The van der Waals surface area contributed by atoms with E-state index in [0.29, 0.717) is 5.69 Å². The van der Waals surface area contributed by atoms with Crippen LogP contribution in [0.4, 0.5) is 13.2 Å². The molecule has 7 heteroatoms. The molecule has 4 nitrogen and oxygen atoms in total. The van der Waals surface area contributed by atoms with Gasteiger partial charge in [-0.1, -0.05) is 0 Å². The third-order valence-electron chi connectivity index (χ3n) is 2.95. The molecule has 1 aliphatic heterocycles. The number of fused-ring (bicyclic) bond motifs is 1. The Hall–Kier alpha value is -1.53. The highest BCUT2D eigenvalue weighted by Crippen LogP contribution is 2.35. The number of methoxy groups -OCH3 is 1. The van der Waals surface area contributed by atoms with E-state index in [1.807, 2.05) is 0 Å². The van der Waals surface area contributed by atoms with Crippen LogP contribution in [0.1, 0.15) is 22.5 Å². The molecule has 0 saturated heterocycles. The fourth-order valence-corrected chi connectivity index (χ4v) is 1.99. The number of esters is 1. The fraction of sp³-hybridized carbons (Fsp3) is 0.600. The molecule has 0 aromatic carbocycles. The molecule has 0 aliphatic carbocycles. The molecular weight excluding hydrogens is 237 g/mol. The summed E-state index contributed by atoms with van der Waals surface area (Å²) in [6.07, 6.45) is -3.18. The van der Waals surface area contributed by atoms with Crippen LogP contribution in [-0.4, -0.2) is 29.0 Å². The van der Waals surface area contributed by atoms with Crippen LogP contribution in [0.3, 0.4) is 0 Å². The van der Waals surface area contributed by atoms with Crippen LogP contribution in [0.2, 0.25) is 0 Å². The van der Waals surface area contributed by atoms with E-state index in [9.17, 15) is 18.0 Å². The van der Waals surface area contributed by atoms with Gasteiger partial charge in [-0.25, -0.2) is 4.79 Å². The maximum atomic E-state index is 12.6. The lowest BCUT2D eigenvalue weighted by molar-refractivity contribution is -0.179. The number of nitrogens with zero attached hydrogens (tertiary/aromatic N) is 2. The Balaban J connectivity index is 2.29. The molecular formula is C10H11F3N2O2. The highest BCUT2D eigenvalue weighted by molar-refractivity contribution is 5.90. The van der Waals surface area contributed by atoms with E-state index >= 15 is 0 Å². The maximum Gasteiger partial charge on any atom is 0.392 e. The molecule has 1 aliphatic rings.